The van der Waals surface area contributed by atoms with Crippen LogP contribution in [-0.2, 0) is 10.7 Å². The summed E-state index contributed by atoms with van der Waals surface area (Å²) in [4.78, 5) is 11.8. The highest BCUT2D eigenvalue weighted by atomic mass is 19.3. The van der Waals surface area contributed by atoms with Gasteiger partial charge in [-0.15, -0.1) is 0 Å². The minimum absolute atomic E-state index is 0.382. The van der Waals surface area contributed by atoms with Gasteiger partial charge in [-0.2, -0.15) is 8.78 Å². The van der Waals surface area contributed by atoms with E-state index in [1.807, 2.05) is 0 Å². The number of benzene rings is 2. The van der Waals surface area contributed by atoms with Crippen LogP contribution in [0.2, 0.25) is 0 Å². The highest BCUT2D eigenvalue weighted by Gasteiger charge is 2.41. The Kier molecular flexibility index (Phi) is 4.65. The molecular weight excluding hydrogens is 276 g/mol. The second kappa shape index (κ2) is 6.45. The van der Waals surface area contributed by atoms with Crippen molar-refractivity contribution in [3.8, 4) is 0 Å². The van der Waals surface area contributed by atoms with Crippen molar-refractivity contribution in [2.75, 3.05) is 6.61 Å². The molecule has 0 radical (unpaired) electrons. The topological polar surface area (TPSA) is 49.3 Å². The fraction of sp³-hybridized carbons (Fsp3) is 0.188. The number of carbonyl (C=O) groups excluding carboxylic acids is 1. The molecule has 110 valence electrons. The standard InChI is InChI=1S/C16H15F2NO2/c17-16(18,13-9-5-2-6-10-13)15(21)19-14(11-20)12-7-3-1-4-8-12/h1-10,14,20H,11H2,(H,19,21). The summed E-state index contributed by atoms with van der Waals surface area (Å²) in [5.41, 5.74) is 0.185. The number of carbonyl (C=O) groups is 1. The van der Waals surface area contributed by atoms with Crippen LogP contribution in [0.1, 0.15) is 17.2 Å². The van der Waals surface area contributed by atoms with Crippen LogP contribution in [0.4, 0.5) is 8.78 Å². The van der Waals surface area contributed by atoms with E-state index in [1.54, 1.807) is 36.4 Å². The van der Waals surface area contributed by atoms with Gasteiger partial charge in [-0.1, -0.05) is 60.7 Å². The maximum atomic E-state index is 14.1. The molecule has 1 atom stereocenters. The SMILES string of the molecule is O=C(NC(CO)c1ccccc1)C(F)(F)c1ccccc1. The fourth-order valence-electron chi connectivity index (χ4n) is 1.95. The van der Waals surface area contributed by atoms with Gasteiger partial charge in [-0.05, 0) is 5.56 Å². The summed E-state index contributed by atoms with van der Waals surface area (Å²) in [5.74, 6) is -5.08. The van der Waals surface area contributed by atoms with Crippen LogP contribution < -0.4 is 5.32 Å². The van der Waals surface area contributed by atoms with Gasteiger partial charge in [-0.3, -0.25) is 4.79 Å². The molecule has 5 heteroatoms. The van der Waals surface area contributed by atoms with Gasteiger partial charge in [0.25, 0.3) is 5.91 Å². The largest absolute Gasteiger partial charge is 0.394 e. The monoisotopic (exact) mass is 291 g/mol. The molecule has 0 saturated carbocycles. The normalized spacial score (nSPS) is 12.7. The summed E-state index contributed by atoms with van der Waals surface area (Å²) in [6.07, 6.45) is 0. The molecule has 0 aliphatic heterocycles. The van der Waals surface area contributed by atoms with E-state index in [-0.39, 0.29) is 5.56 Å². The zero-order valence-electron chi connectivity index (χ0n) is 11.2. The first-order chi connectivity index (χ1) is 10.1. The van der Waals surface area contributed by atoms with Gasteiger partial charge in [0.15, 0.2) is 0 Å². The molecule has 3 nitrogen and oxygen atoms in total. The van der Waals surface area contributed by atoms with Gasteiger partial charge in [0.05, 0.1) is 12.6 Å². The van der Waals surface area contributed by atoms with Gasteiger partial charge in [0, 0.05) is 5.56 Å². The van der Waals surface area contributed by atoms with Crippen LogP contribution >= 0.6 is 0 Å². The average Bonchev–Trinajstić information content (AvgIpc) is 2.54. The maximum absolute atomic E-state index is 14.1. The molecule has 1 unspecified atom stereocenters. The number of hydrogen-bond acceptors (Lipinski definition) is 2. The molecule has 0 saturated heterocycles. The molecule has 2 aromatic rings. The van der Waals surface area contributed by atoms with E-state index in [9.17, 15) is 18.7 Å². The second-order valence-corrected chi connectivity index (χ2v) is 4.56. The Labute approximate surface area is 121 Å². The highest BCUT2D eigenvalue weighted by molar-refractivity contribution is 5.85. The van der Waals surface area contributed by atoms with Crippen LogP contribution in [0.5, 0.6) is 0 Å². The Morgan fingerprint density at radius 3 is 2.10 bits per heavy atom. The molecule has 2 N–H and O–H groups in total. The number of aliphatic hydroxyl groups excluding tert-OH is 1. The van der Waals surface area contributed by atoms with Crippen LogP contribution in [-0.4, -0.2) is 17.6 Å². The molecule has 2 aromatic carbocycles. The Morgan fingerprint density at radius 1 is 1.05 bits per heavy atom. The first-order valence-corrected chi connectivity index (χ1v) is 6.46. The summed E-state index contributed by atoms with van der Waals surface area (Å²) < 4.78 is 28.1. The van der Waals surface area contributed by atoms with Crippen molar-refractivity contribution >= 4 is 5.91 Å². The predicted octanol–water partition coefficient (Wildman–Crippen LogP) is 2.63. The van der Waals surface area contributed by atoms with E-state index in [0.29, 0.717) is 5.56 Å². The van der Waals surface area contributed by atoms with E-state index < -0.39 is 24.5 Å². The lowest BCUT2D eigenvalue weighted by molar-refractivity contribution is -0.148. The van der Waals surface area contributed by atoms with Crippen molar-refractivity contribution in [2.45, 2.75) is 12.0 Å². The van der Waals surface area contributed by atoms with Crippen LogP contribution in [0.25, 0.3) is 0 Å². The Morgan fingerprint density at radius 2 is 1.57 bits per heavy atom. The zero-order chi connectivity index (χ0) is 15.3. The van der Waals surface area contributed by atoms with E-state index in [2.05, 4.69) is 5.32 Å². The van der Waals surface area contributed by atoms with Crippen molar-refractivity contribution in [1.29, 1.82) is 0 Å². The first kappa shape index (κ1) is 15.1. The van der Waals surface area contributed by atoms with E-state index in [0.717, 1.165) is 0 Å². The van der Waals surface area contributed by atoms with Crippen molar-refractivity contribution in [1.82, 2.24) is 5.32 Å². The van der Waals surface area contributed by atoms with E-state index >= 15 is 0 Å². The highest BCUT2D eigenvalue weighted by Crippen LogP contribution is 2.28. The van der Waals surface area contributed by atoms with Crippen LogP contribution in [0.15, 0.2) is 60.7 Å². The Balaban J connectivity index is 2.16. The number of amides is 1. The molecular formula is C16H15F2NO2. The zero-order valence-corrected chi connectivity index (χ0v) is 11.2. The third-order valence-electron chi connectivity index (χ3n) is 3.11. The molecule has 1 amide bonds. The van der Waals surface area contributed by atoms with Gasteiger partial charge < -0.3 is 10.4 Å². The number of alkyl halides is 2. The minimum Gasteiger partial charge on any atom is -0.394 e. The fourth-order valence-corrected chi connectivity index (χ4v) is 1.95. The number of nitrogens with one attached hydrogen (secondary N) is 1. The Bertz CT molecular complexity index is 588. The van der Waals surface area contributed by atoms with Crippen LogP contribution in [0.3, 0.4) is 0 Å². The first-order valence-electron chi connectivity index (χ1n) is 6.46. The lowest BCUT2D eigenvalue weighted by Gasteiger charge is -2.21. The Hall–Kier alpha value is -2.27. The summed E-state index contributed by atoms with van der Waals surface area (Å²) in [7, 11) is 0. The smallest absolute Gasteiger partial charge is 0.349 e. The van der Waals surface area contributed by atoms with Gasteiger partial charge in [0.2, 0.25) is 0 Å². The number of halogens is 2. The summed E-state index contributed by atoms with van der Waals surface area (Å²) >= 11 is 0. The summed E-state index contributed by atoms with van der Waals surface area (Å²) in [5, 5.41) is 11.5. The molecule has 21 heavy (non-hydrogen) atoms. The summed E-state index contributed by atoms with van der Waals surface area (Å²) in [6.45, 7) is -0.458. The second-order valence-electron chi connectivity index (χ2n) is 4.56. The molecule has 0 heterocycles. The molecule has 0 bridgehead atoms. The van der Waals surface area contributed by atoms with E-state index in [4.69, 9.17) is 0 Å². The quantitative estimate of drug-likeness (QED) is 0.889. The maximum Gasteiger partial charge on any atom is 0.349 e. The number of aliphatic hydroxyl groups is 1. The number of rotatable bonds is 5. The van der Waals surface area contributed by atoms with Crippen LogP contribution in [0, 0.1) is 0 Å². The molecule has 0 aliphatic carbocycles. The van der Waals surface area contributed by atoms with Gasteiger partial charge in [-0.25, -0.2) is 0 Å². The lowest BCUT2D eigenvalue weighted by Crippen LogP contribution is -2.41. The van der Waals surface area contributed by atoms with E-state index in [1.165, 1.54) is 24.3 Å². The molecule has 2 rings (SSSR count). The molecule has 0 aromatic heterocycles. The van der Waals surface area contributed by atoms with Crippen molar-refractivity contribution in [3.63, 3.8) is 0 Å². The van der Waals surface area contributed by atoms with Crippen molar-refractivity contribution in [3.05, 3.63) is 71.8 Å². The third-order valence-corrected chi connectivity index (χ3v) is 3.11. The third kappa shape index (κ3) is 3.44. The van der Waals surface area contributed by atoms with Gasteiger partial charge in [0.1, 0.15) is 0 Å². The molecule has 0 fully saturated rings. The van der Waals surface area contributed by atoms with Crippen molar-refractivity contribution < 1.29 is 18.7 Å². The van der Waals surface area contributed by atoms with Crippen molar-refractivity contribution in [2.24, 2.45) is 0 Å². The molecule has 0 aliphatic rings. The number of hydrogen-bond donors (Lipinski definition) is 2. The predicted molar refractivity (Wildman–Crippen MR) is 74.7 cm³/mol. The summed E-state index contributed by atoms with van der Waals surface area (Å²) in [6, 6.07) is 14.5. The average molecular weight is 291 g/mol. The van der Waals surface area contributed by atoms with Gasteiger partial charge >= 0.3 is 5.92 Å². The molecule has 0 spiro atoms. The minimum atomic E-state index is -3.65. The lowest BCUT2D eigenvalue weighted by atomic mass is 10.0.